The SMILES string of the molecule is O=C1CC(CS(=O)(=O)F)CN1c1ccc(I)c(Br)n1. The van der Waals surface area contributed by atoms with Crippen molar-refractivity contribution >= 4 is 60.5 Å². The molecule has 1 aliphatic heterocycles. The van der Waals surface area contributed by atoms with Crippen molar-refractivity contribution in [3.05, 3.63) is 20.3 Å². The quantitative estimate of drug-likeness (QED) is 0.392. The van der Waals surface area contributed by atoms with Crippen LogP contribution in [0.2, 0.25) is 0 Å². The molecule has 1 aromatic rings. The van der Waals surface area contributed by atoms with E-state index in [2.05, 4.69) is 43.5 Å². The summed E-state index contributed by atoms with van der Waals surface area (Å²) in [5.74, 6) is -0.950. The topological polar surface area (TPSA) is 67.3 Å². The average molecular weight is 463 g/mol. The Kier molecular flexibility index (Phi) is 4.45. The van der Waals surface area contributed by atoms with Crippen molar-refractivity contribution in [2.45, 2.75) is 6.42 Å². The summed E-state index contributed by atoms with van der Waals surface area (Å²) >= 11 is 5.35. The molecule has 2 heterocycles. The van der Waals surface area contributed by atoms with Crippen LogP contribution in [-0.4, -0.2) is 31.6 Å². The Bertz CT molecular complexity index is 625. The first-order valence-electron chi connectivity index (χ1n) is 5.31. The van der Waals surface area contributed by atoms with E-state index in [1.54, 1.807) is 12.1 Å². The molecule has 1 aliphatic rings. The molecule has 2 rings (SSSR count). The molecule has 1 aromatic heterocycles. The second-order valence-corrected chi connectivity index (χ2v) is 7.55. The number of rotatable bonds is 3. The molecule has 0 saturated carbocycles. The number of amides is 1. The van der Waals surface area contributed by atoms with Crippen molar-refractivity contribution in [1.29, 1.82) is 0 Å². The number of hydrogen-bond donors (Lipinski definition) is 0. The number of anilines is 1. The van der Waals surface area contributed by atoms with Crippen LogP contribution >= 0.6 is 38.5 Å². The summed E-state index contributed by atoms with van der Waals surface area (Å²) in [5, 5.41) is 0. The molecule has 0 bridgehead atoms. The molecule has 5 nitrogen and oxygen atoms in total. The molecule has 1 unspecified atom stereocenters. The minimum atomic E-state index is -4.56. The van der Waals surface area contributed by atoms with Gasteiger partial charge in [-0.25, -0.2) is 4.98 Å². The zero-order valence-corrected chi connectivity index (χ0v) is 14.1. The van der Waals surface area contributed by atoms with Crippen molar-refractivity contribution in [3.8, 4) is 0 Å². The molecule has 19 heavy (non-hydrogen) atoms. The van der Waals surface area contributed by atoms with E-state index in [1.165, 1.54) is 4.90 Å². The Morgan fingerprint density at radius 2 is 2.21 bits per heavy atom. The van der Waals surface area contributed by atoms with Crippen molar-refractivity contribution < 1.29 is 17.1 Å². The first-order chi connectivity index (χ1) is 8.76. The van der Waals surface area contributed by atoms with E-state index in [4.69, 9.17) is 0 Å². The predicted octanol–water partition coefficient (Wildman–Crippen LogP) is 2.10. The van der Waals surface area contributed by atoms with Crippen LogP contribution < -0.4 is 4.90 Å². The molecule has 0 spiro atoms. The number of halogens is 3. The number of carbonyl (C=O) groups excluding carboxylic acids is 1. The maximum atomic E-state index is 12.6. The van der Waals surface area contributed by atoms with Gasteiger partial charge < -0.3 is 0 Å². The molecular weight excluding hydrogens is 454 g/mol. The first kappa shape index (κ1) is 15.1. The largest absolute Gasteiger partial charge is 0.302 e. The van der Waals surface area contributed by atoms with Crippen molar-refractivity contribution in [1.82, 2.24) is 4.98 Å². The zero-order valence-electron chi connectivity index (χ0n) is 9.51. The van der Waals surface area contributed by atoms with E-state index in [0.29, 0.717) is 10.4 Å². The van der Waals surface area contributed by atoms with Gasteiger partial charge >= 0.3 is 10.2 Å². The highest BCUT2D eigenvalue weighted by Gasteiger charge is 2.34. The molecule has 104 valence electrons. The number of nitrogens with zero attached hydrogens (tertiary/aromatic N) is 2. The smallest absolute Gasteiger partial charge is 0.296 e. The molecule has 1 amide bonds. The summed E-state index contributed by atoms with van der Waals surface area (Å²) in [7, 11) is -4.56. The fraction of sp³-hybridized carbons (Fsp3) is 0.400. The van der Waals surface area contributed by atoms with Crippen LogP contribution in [0.25, 0.3) is 0 Å². The monoisotopic (exact) mass is 462 g/mol. The van der Waals surface area contributed by atoms with Gasteiger partial charge in [0.2, 0.25) is 5.91 Å². The van der Waals surface area contributed by atoms with Crippen LogP contribution in [0.15, 0.2) is 16.7 Å². The van der Waals surface area contributed by atoms with Gasteiger partial charge in [-0.1, -0.05) is 0 Å². The van der Waals surface area contributed by atoms with Gasteiger partial charge in [-0.3, -0.25) is 9.69 Å². The fourth-order valence-electron chi connectivity index (χ4n) is 1.95. The number of aromatic nitrogens is 1. The summed E-state index contributed by atoms with van der Waals surface area (Å²) in [6.07, 6.45) is 0.0223. The van der Waals surface area contributed by atoms with E-state index in [9.17, 15) is 17.1 Å². The van der Waals surface area contributed by atoms with Crippen molar-refractivity contribution in [3.63, 3.8) is 0 Å². The van der Waals surface area contributed by atoms with Crippen LogP contribution in [0.1, 0.15) is 6.42 Å². The number of hydrogen-bond acceptors (Lipinski definition) is 4. The summed E-state index contributed by atoms with van der Waals surface area (Å²) in [4.78, 5) is 17.4. The molecule has 0 aromatic carbocycles. The van der Waals surface area contributed by atoms with Crippen LogP contribution in [0.5, 0.6) is 0 Å². The third-order valence-electron chi connectivity index (χ3n) is 2.70. The maximum Gasteiger partial charge on any atom is 0.302 e. The summed E-state index contributed by atoms with van der Waals surface area (Å²) in [6, 6.07) is 3.47. The third-order valence-corrected chi connectivity index (χ3v) is 5.79. The van der Waals surface area contributed by atoms with Gasteiger partial charge in [0, 0.05) is 22.5 Å². The Labute approximate surface area is 132 Å². The van der Waals surface area contributed by atoms with Crippen LogP contribution in [0.4, 0.5) is 9.70 Å². The number of pyridine rings is 1. The van der Waals surface area contributed by atoms with Gasteiger partial charge in [0.15, 0.2) is 0 Å². The maximum absolute atomic E-state index is 12.6. The molecule has 1 atom stereocenters. The van der Waals surface area contributed by atoms with E-state index in [0.717, 1.165) is 3.57 Å². The van der Waals surface area contributed by atoms with Gasteiger partial charge in [-0.05, 0) is 50.7 Å². The summed E-state index contributed by atoms with van der Waals surface area (Å²) < 4.78 is 35.4. The number of carbonyl (C=O) groups is 1. The van der Waals surface area contributed by atoms with Gasteiger partial charge in [-0.15, -0.1) is 3.89 Å². The van der Waals surface area contributed by atoms with Crippen LogP contribution in [-0.2, 0) is 15.0 Å². The van der Waals surface area contributed by atoms with E-state index in [1.807, 2.05) is 0 Å². The van der Waals surface area contributed by atoms with E-state index in [-0.39, 0.29) is 18.9 Å². The zero-order chi connectivity index (χ0) is 14.2. The Morgan fingerprint density at radius 1 is 1.53 bits per heavy atom. The van der Waals surface area contributed by atoms with Gasteiger partial charge in [0.25, 0.3) is 0 Å². The lowest BCUT2D eigenvalue weighted by Gasteiger charge is -2.15. The normalized spacial score (nSPS) is 20.1. The Balaban J connectivity index is 2.18. The lowest BCUT2D eigenvalue weighted by atomic mass is 10.1. The molecule has 9 heteroatoms. The minimum absolute atomic E-state index is 0.0223. The molecular formula is C10H9BrFIN2O3S. The van der Waals surface area contributed by atoms with Gasteiger partial charge in [-0.2, -0.15) is 8.42 Å². The molecule has 1 saturated heterocycles. The molecule has 0 aliphatic carbocycles. The average Bonchev–Trinajstić information content (AvgIpc) is 2.61. The minimum Gasteiger partial charge on any atom is -0.296 e. The Hall–Kier alpha value is -0.290. The lowest BCUT2D eigenvalue weighted by Crippen LogP contribution is -2.26. The molecule has 1 fully saturated rings. The highest BCUT2D eigenvalue weighted by Crippen LogP contribution is 2.27. The second kappa shape index (κ2) is 5.60. The van der Waals surface area contributed by atoms with E-state index >= 15 is 0 Å². The lowest BCUT2D eigenvalue weighted by molar-refractivity contribution is -0.117. The summed E-state index contributed by atoms with van der Waals surface area (Å²) in [5.41, 5.74) is 0. The highest BCUT2D eigenvalue weighted by molar-refractivity contribution is 14.1. The van der Waals surface area contributed by atoms with Crippen LogP contribution in [0.3, 0.4) is 0 Å². The van der Waals surface area contributed by atoms with Crippen LogP contribution in [0, 0.1) is 9.49 Å². The standard InChI is InChI=1S/C10H9BrFIN2O3S/c11-10-7(13)1-2-8(14-10)15-4-6(3-9(15)16)5-19(12,17)18/h1-2,6H,3-5H2. The van der Waals surface area contributed by atoms with Gasteiger partial charge in [0.05, 0.1) is 5.75 Å². The second-order valence-electron chi connectivity index (χ2n) is 4.22. The summed E-state index contributed by atoms with van der Waals surface area (Å²) in [6.45, 7) is 0.169. The highest BCUT2D eigenvalue weighted by atomic mass is 127. The van der Waals surface area contributed by atoms with E-state index < -0.39 is 21.9 Å². The fourth-order valence-corrected chi connectivity index (χ4v) is 3.35. The molecule has 0 radical (unpaired) electrons. The first-order valence-corrected chi connectivity index (χ1v) is 8.73. The van der Waals surface area contributed by atoms with Gasteiger partial charge in [0.1, 0.15) is 10.4 Å². The third kappa shape index (κ3) is 3.85. The van der Waals surface area contributed by atoms with Crippen molar-refractivity contribution in [2.75, 3.05) is 17.2 Å². The molecule has 0 N–H and O–H groups in total. The Morgan fingerprint density at radius 3 is 2.79 bits per heavy atom. The predicted molar refractivity (Wildman–Crippen MR) is 80.0 cm³/mol. The van der Waals surface area contributed by atoms with Crippen molar-refractivity contribution in [2.24, 2.45) is 5.92 Å².